The SMILES string of the molecule is NCC=Cc1cn(C2CC(O)C(COP(=O)(O)O)O2)c(=O)[nH]c1=O. The van der Waals surface area contributed by atoms with E-state index in [0.717, 1.165) is 4.57 Å². The fourth-order valence-electron chi connectivity index (χ4n) is 2.24. The average molecular weight is 363 g/mol. The number of aromatic nitrogens is 2. The molecule has 134 valence electrons. The number of phosphoric acid groups is 1. The van der Waals surface area contributed by atoms with Gasteiger partial charge >= 0.3 is 13.5 Å². The first-order valence-corrected chi connectivity index (χ1v) is 8.50. The minimum Gasteiger partial charge on any atom is -0.390 e. The van der Waals surface area contributed by atoms with E-state index in [2.05, 4.69) is 9.51 Å². The van der Waals surface area contributed by atoms with Crippen LogP contribution in [-0.2, 0) is 13.8 Å². The number of phosphoric ester groups is 1. The van der Waals surface area contributed by atoms with Gasteiger partial charge in [-0.2, -0.15) is 0 Å². The van der Waals surface area contributed by atoms with Crippen molar-refractivity contribution in [3.8, 4) is 0 Å². The van der Waals surface area contributed by atoms with Crippen molar-refractivity contribution < 1.29 is 28.7 Å². The van der Waals surface area contributed by atoms with Crippen molar-refractivity contribution in [2.24, 2.45) is 5.73 Å². The van der Waals surface area contributed by atoms with Crippen LogP contribution in [0.25, 0.3) is 6.08 Å². The van der Waals surface area contributed by atoms with E-state index in [-0.39, 0.29) is 18.5 Å². The largest absolute Gasteiger partial charge is 0.469 e. The monoisotopic (exact) mass is 363 g/mol. The molecule has 1 aromatic rings. The Hall–Kier alpha value is -1.59. The molecule has 12 heteroatoms. The summed E-state index contributed by atoms with van der Waals surface area (Å²) in [6.07, 6.45) is 1.18. The normalized spacial score (nSPS) is 24.8. The van der Waals surface area contributed by atoms with Crippen molar-refractivity contribution in [1.82, 2.24) is 9.55 Å². The number of nitrogens with two attached hydrogens (primary N) is 1. The topological polar surface area (TPSA) is 177 Å². The molecule has 1 aliphatic heterocycles. The Kier molecular flexibility index (Phi) is 5.88. The van der Waals surface area contributed by atoms with Crippen molar-refractivity contribution in [2.75, 3.05) is 13.2 Å². The summed E-state index contributed by atoms with van der Waals surface area (Å²) >= 11 is 0. The number of aliphatic hydroxyl groups excluding tert-OH is 1. The highest BCUT2D eigenvalue weighted by Crippen LogP contribution is 2.38. The standard InChI is InChI=1S/C12H18N3O8P/c13-3-1-2-7-5-15(12(18)14-11(7)17)10-4-8(16)9(23-10)6-22-24(19,20)21/h1-2,5,8-10,16H,3-4,6,13H2,(H,14,17,18)(H2,19,20,21). The fraction of sp³-hybridized carbons (Fsp3) is 0.500. The molecule has 0 aliphatic carbocycles. The lowest BCUT2D eigenvalue weighted by Crippen LogP contribution is -2.33. The molecule has 1 saturated heterocycles. The van der Waals surface area contributed by atoms with Gasteiger partial charge < -0.3 is 25.4 Å². The van der Waals surface area contributed by atoms with Crippen LogP contribution in [0.15, 0.2) is 21.9 Å². The van der Waals surface area contributed by atoms with Crippen LogP contribution in [0.5, 0.6) is 0 Å². The molecule has 1 fully saturated rings. The number of aliphatic hydroxyl groups is 1. The number of ether oxygens (including phenoxy) is 1. The molecule has 3 unspecified atom stereocenters. The van der Waals surface area contributed by atoms with Crippen molar-refractivity contribution in [3.63, 3.8) is 0 Å². The molecule has 0 aromatic carbocycles. The molecule has 6 N–H and O–H groups in total. The molecule has 2 rings (SSSR count). The number of aromatic amines is 1. The van der Waals surface area contributed by atoms with Gasteiger partial charge in [-0.15, -0.1) is 0 Å². The van der Waals surface area contributed by atoms with Gasteiger partial charge in [-0.05, 0) is 0 Å². The highest BCUT2D eigenvalue weighted by Gasteiger charge is 2.37. The zero-order valence-electron chi connectivity index (χ0n) is 12.4. The summed E-state index contributed by atoms with van der Waals surface area (Å²) in [4.78, 5) is 43.1. The van der Waals surface area contributed by atoms with Crippen LogP contribution >= 0.6 is 7.82 Å². The third-order valence-electron chi connectivity index (χ3n) is 3.35. The summed E-state index contributed by atoms with van der Waals surface area (Å²) in [6, 6.07) is 0. The van der Waals surface area contributed by atoms with E-state index < -0.39 is 44.1 Å². The molecular weight excluding hydrogens is 345 g/mol. The van der Waals surface area contributed by atoms with Gasteiger partial charge in [0.2, 0.25) is 0 Å². The van der Waals surface area contributed by atoms with Gasteiger partial charge in [0.25, 0.3) is 5.56 Å². The van der Waals surface area contributed by atoms with E-state index in [1.165, 1.54) is 18.3 Å². The van der Waals surface area contributed by atoms with Crippen LogP contribution < -0.4 is 17.0 Å². The lowest BCUT2D eigenvalue weighted by Gasteiger charge is -2.16. The third-order valence-corrected chi connectivity index (χ3v) is 3.84. The summed E-state index contributed by atoms with van der Waals surface area (Å²) < 4.78 is 21.5. The molecule has 3 atom stereocenters. The second-order valence-electron chi connectivity index (χ2n) is 5.11. The highest BCUT2D eigenvalue weighted by molar-refractivity contribution is 7.46. The molecule has 0 bridgehead atoms. The second-order valence-corrected chi connectivity index (χ2v) is 6.35. The first-order chi connectivity index (χ1) is 11.2. The second kappa shape index (κ2) is 7.53. The molecule has 24 heavy (non-hydrogen) atoms. The molecule has 0 amide bonds. The average Bonchev–Trinajstić information content (AvgIpc) is 2.84. The van der Waals surface area contributed by atoms with Crippen molar-refractivity contribution in [2.45, 2.75) is 24.9 Å². The Morgan fingerprint density at radius 2 is 2.21 bits per heavy atom. The Morgan fingerprint density at radius 3 is 2.83 bits per heavy atom. The Balaban J connectivity index is 2.20. The number of hydrogen-bond acceptors (Lipinski definition) is 7. The molecule has 1 aliphatic rings. The van der Waals surface area contributed by atoms with E-state index in [1.807, 2.05) is 0 Å². The van der Waals surface area contributed by atoms with Gasteiger partial charge in [0.15, 0.2) is 0 Å². The molecule has 0 spiro atoms. The van der Waals surface area contributed by atoms with Gasteiger partial charge in [-0.25, -0.2) is 9.36 Å². The lowest BCUT2D eigenvalue weighted by molar-refractivity contribution is -0.0451. The highest BCUT2D eigenvalue weighted by atomic mass is 31.2. The number of rotatable bonds is 6. The third kappa shape index (κ3) is 4.71. The number of nitrogens with one attached hydrogen (secondary N) is 1. The Labute approximate surface area is 135 Å². The molecule has 0 radical (unpaired) electrons. The zero-order chi connectivity index (χ0) is 17.9. The minimum atomic E-state index is -4.70. The van der Waals surface area contributed by atoms with Crippen LogP contribution in [-0.4, -0.2) is 49.8 Å². The maximum absolute atomic E-state index is 11.9. The molecule has 2 heterocycles. The molecule has 1 aromatic heterocycles. The van der Waals surface area contributed by atoms with Gasteiger partial charge in [0, 0.05) is 19.2 Å². The van der Waals surface area contributed by atoms with Crippen LogP contribution in [0, 0.1) is 0 Å². The fourth-order valence-corrected chi connectivity index (χ4v) is 2.58. The number of nitrogens with zero attached hydrogens (tertiary/aromatic N) is 1. The Bertz CT molecular complexity index is 766. The summed E-state index contributed by atoms with van der Waals surface area (Å²) in [7, 11) is -4.70. The van der Waals surface area contributed by atoms with Crippen LogP contribution in [0.4, 0.5) is 0 Å². The van der Waals surface area contributed by atoms with Crippen molar-refractivity contribution in [3.05, 3.63) is 38.7 Å². The first kappa shape index (κ1) is 18.7. The van der Waals surface area contributed by atoms with Crippen LogP contribution in [0.3, 0.4) is 0 Å². The number of H-pyrrole nitrogens is 1. The summed E-state index contributed by atoms with van der Waals surface area (Å²) in [5, 5.41) is 9.90. The van der Waals surface area contributed by atoms with E-state index in [0.29, 0.717) is 0 Å². The van der Waals surface area contributed by atoms with Gasteiger partial charge in [-0.1, -0.05) is 12.2 Å². The predicted octanol–water partition coefficient (Wildman–Crippen LogP) is -1.73. The van der Waals surface area contributed by atoms with E-state index in [9.17, 15) is 19.3 Å². The summed E-state index contributed by atoms with van der Waals surface area (Å²) in [5.74, 6) is 0. The molecular formula is C12H18N3O8P. The van der Waals surface area contributed by atoms with Crippen molar-refractivity contribution >= 4 is 13.9 Å². The summed E-state index contributed by atoms with van der Waals surface area (Å²) in [5.41, 5.74) is 4.16. The summed E-state index contributed by atoms with van der Waals surface area (Å²) in [6.45, 7) is -0.334. The van der Waals surface area contributed by atoms with Gasteiger partial charge in [0.05, 0.1) is 18.3 Å². The van der Waals surface area contributed by atoms with Crippen LogP contribution in [0.1, 0.15) is 18.2 Å². The number of hydrogen-bond donors (Lipinski definition) is 5. The maximum Gasteiger partial charge on any atom is 0.469 e. The zero-order valence-corrected chi connectivity index (χ0v) is 13.3. The quantitative estimate of drug-likeness (QED) is 0.367. The Morgan fingerprint density at radius 1 is 1.50 bits per heavy atom. The lowest BCUT2D eigenvalue weighted by atomic mass is 10.2. The van der Waals surface area contributed by atoms with E-state index >= 15 is 0 Å². The van der Waals surface area contributed by atoms with Gasteiger partial charge in [0.1, 0.15) is 12.3 Å². The van der Waals surface area contributed by atoms with Gasteiger partial charge in [-0.3, -0.25) is 18.9 Å². The van der Waals surface area contributed by atoms with E-state index in [1.54, 1.807) is 0 Å². The first-order valence-electron chi connectivity index (χ1n) is 6.97. The smallest absolute Gasteiger partial charge is 0.390 e. The van der Waals surface area contributed by atoms with Crippen LogP contribution in [0.2, 0.25) is 0 Å². The van der Waals surface area contributed by atoms with E-state index in [4.69, 9.17) is 20.3 Å². The maximum atomic E-state index is 11.9. The molecule has 0 saturated carbocycles. The minimum absolute atomic E-state index is 0.0127. The molecule has 11 nitrogen and oxygen atoms in total. The predicted molar refractivity (Wildman–Crippen MR) is 81.9 cm³/mol. The van der Waals surface area contributed by atoms with Crippen molar-refractivity contribution in [1.29, 1.82) is 0 Å².